The minimum Gasteiger partial charge on any atom is -0.349 e. The molecule has 13 atom stereocenters. The van der Waals surface area contributed by atoms with Crippen molar-refractivity contribution in [3.8, 4) is 0 Å². The number of aryl methyl sites for hydroxylation is 3. The lowest BCUT2D eigenvalue weighted by molar-refractivity contribution is -0.0619. The second-order valence-corrected chi connectivity index (χ2v) is 24.0. The van der Waals surface area contributed by atoms with Gasteiger partial charge >= 0.3 is 48.4 Å². The van der Waals surface area contributed by atoms with Gasteiger partial charge in [-0.1, -0.05) is 27.2 Å². The van der Waals surface area contributed by atoms with E-state index in [1.54, 1.807) is 6.92 Å². The van der Waals surface area contributed by atoms with E-state index in [0.717, 1.165) is 32.3 Å². The van der Waals surface area contributed by atoms with Crippen molar-refractivity contribution in [3.63, 3.8) is 0 Å². The molecule has 0 bridgehead atoms. The second-order valence-electron chi connectivity index (χ2n) is 18.3. The third-order valence-electron chi connectivity index (χ3n) is 11.9. The van der Waals surface area contributed by atoms with E-state index >= 15 is 0 Å². The molecule has 3 saturated heterocycles. The van der Waals surface area contributed by atoms with Gasteiger partial charge in [0.1, 0.15) is 55.3 Å². The van der Waals surface area contributed by atoms with Crippen LogP contribution >= 0.6 is 31.3 Å². The number of nitrogens with one attached hydrogen (secondary N) is 3. The molecule has 0 radical (unpaired) electrons. The summed E-state index contributed by atoms with van der Waals surface area (Å²) in [5.74, 6) is 0.276. The van der Waals surface area contributed by atoms with Crippen LogP contribution in [0.3, 0.4) is 0 Å². The Morgan fingerprint density at radius 3 is 1.17 bits per heavy atom. The fraction of sp³-hybridized carbons (Fsp3) is 0.700. The van der Waals surface area contributed by atoms with Crippen LogP contribution in [0.2, 0.25) is 0 Å². The number of rotatable bonds is 27. The van der Waals surface area contributed by atoms with E-state index in [2.05, 4.69) is 15.0 Å². The molecule has 3 aliphatic rings. The first-order valence-corrected chi connectivity index (χ1v) is 29.5. The van der Waals surface area contributed by atoms with Crippen LogP contribution in [0.4, 0.5) is 0 Å². The van der Waals surface area contributed by atoms with E-state index in [0.29, 0.717) is 25.7 Å². The average molecular weight is 1150 g/mol. The number of aromatic amines is 3. The minimum absolute atomic E-state index is 0.0408. The predicted molar refractivity (Wildman–Crippen MR) is 256 cm³/mol. The Morgan fingerprint density at radius 1 is 0.533 bits per heavy atom. The average Bonchev–Trinajstić information content (AvgIpc) is 4.02. The molecule has 75 heavy (non-hydrogen) atoms. The normalized spacial score (nSPS) is 27.3. The summed E-state index contributed by atoms with van der Waals surface area (Å²) in [5.41, 5.74) is -4.76. The number of aromatic nitrogens is 6. The summed E-state index contributed by atoms with van der Waals surface area (Å²) >= 11 is 0. The standard InChI is InChI=1S/C40H62N6O25P4/c1-7-8-11-62-73(55,56)69-26-13-32(44-16-23(4)35(47)41-38(44)50)67-30(26)20-64-75(59,60)71-28-15-34(46-18-25(6)37(49)43-40(46)52)68-31(28)21-65-74(57,58)70-27-14-33(45-17-24(5)36(48)42-39(45)51)66-29(27)19-63-72(53,54)61-12-9-10-22(2)3/h16-18,22,26-34H,7-15,19-21H2,1-6H3,(H,53,54)(H,55,56)(H,57,58)(H,59,60)(H,41,47,50)(H,42,48,51)(H,43,49,52)/t26?,27?,28?,29-,30-,31-,32-,33-,34-/m1/s1. The molecule has 422 valence electrons. The Balaban J connectivity index is 1.19. The van der Waals surface area contributed by atoms with Gasteiger partial charge in [-0.25, -0.2) is 32.6 Å². The van der Waals surface area contributed by atoms with E-state index in [-0.39, 0.29) is 42.2 Å². The molecule has 0 amide bonds. The summed E-state index contributed by atoms with van der Waals surface area (Å²) in [6, 6.07) is 0. The highest BCUT2D eigenvalue weighted by atomic mass is 31.2. The Kier molecular flexibility index (Phi) is 20.5. The van der Waals surface area contributed by atoms with Crippen molar-refractivity contribution in [1.82, 2.24) is 28.7 Å². The van der Waals surface area contributed by atoms with Crippen molar-refractivity contribution >= 4 is 31.3 Å². The minimum atomic E-state index is -5.36. The fourth-order valence-electron chi connectivity index (χ4n) is 7.94. The molecule has 3 aromatic heterocycles. The number of ether oxygens (including phenoxy) is 3. The van der Waals surface area contributed by atoms with Gasteiger partial charge in [0.2, 0.25) is 0 Å². The van der Waals surface area contributed by atoms with E-state index < -0.39 is 153 Å². The first-order chi connectivity index (χ1) is 35.0. The van der Waals surface area contributed by atoms with E-state index in [9.17, 15) is 66.6 Å². The molecule has 0 spiro atoms. The number of H-pyrrole nitrogens is 3. The smallest absolute Gasteiger partial charge is 0.349 e. The third-order valence-corrected chi connectivity index (χ3v) is 15.9. The fourth-order valence-corrected chi connectivity index (χ4v) is 11.6. The third kappa shape index (κ3) is 16.9. The number of hydrogen-bond donors (Lipinski definition) is 7. The summed E-state index contributed by atoms with van der Waals surface area (Å²) < 4.78 is 116. The zero-order valence-electron chi connectivity index (χ0n) is 41.5. The maximum Gasteiger partial charge on any atom is 0.472 e. The first kappa shape index (κ1) is 60.6. The van der Waals surface area contributed by atoms with Gasteiger partial charge in [0.25, 0.3) is 16.7 Å². The molecule has 7 N–H and O–H groups in total. The summed E-state index contributed by atoms with van der Waals surface area (Å²) in [6.07, 6.45) is -8.97. The zero-order chi connectivity index (χ0) is 55.2. The Morgan fingerprint density at radius 2 is 0.840 bits per heavy atom. The van der Waals surface area contributed by atoms with Crippen molar-refractivity contribution in [2.24, 2.45) is 5.92 Å². The molecule has 3 fully saturated rings. The summed E-state index contributed by atoms with van der Waals surface area (Å²) in [4.78, 5) is 124. The monoisotopic (exact) mass is 1150 g/mol. The Hall–Kier alpha value is -3.64. The number of hydrogen-bond acceptors (Lipinski definition) is 21. The highest BCUT2D eigenvalue weighted by molar-refractivity contribution is 7.48. The van der Waals surface area contributed by atoms with Crippen molar-refractivity contribution < 1.29 is 88.2 Å². The van der Waals surface area contributed by atoms with Crippen LogP contribution in [-0.4, -0.2) is 118 Å². The van der Waals surface area contributed by atoms with Crippen molar-refractivity contribution in [1.29, 1.82) is 0 Å². The molecule has 7 unspecified atom stereocenters. The maximum atomic E-state index is 13.8. The first-order valence-electron chi connectivity index (χ1n) is 23.6. The summed E-state index contributed by atoms with van der Waals surface area (Å²) in [5, 5.41) is 0. The van der Waals surface area contributed by atoms with Crippen LogP contribution in [0.5, 0.6) is 0 Å². The van der Waals surface area contributed by atoms with Gasteiger partial charge in [-0.05, 0) is 46.0 Å². The molecule has 6 heterocycles. The molecule has 35 heteroatoms. The topological polar surface area (TPSA) is 415 Å². The molecule has 0 saturated carbocycles. The lowest BCUT2D eigenvalue weighted by Crippen LogP contribution is -2.33. The van der Waals surface area contributed by atoms with E-state index in [1.807, 2.05) is 13.8 Å². The molecular weight excluding hydrogens is 1090 g/mol. The number of unbranched alkanes of at least 4 members (excludes halogenated alkanes) is 1. The highest BCUT2D eigenvalue weighted by Gasteiger charge is 2.48. The largest absolute Gasteiger partial charge is 0.472 e. The zero-order valence-corrected chi connectivity index (χ0v) is 45.1. The predicted octanol–water partition coefficient (Wildman–Crippen LogP) is 2.30. The van der Waals surface area contributed by atoms with Crippen LogP contribution in [0, 0.1) is 26.7 Å². The van der Waals surface area contributed by atoms with Crippen LogP contribution < -0.4 is 33.7 Å². The molecular formula is C40H62N6O25P4. The van der Waals surface area contributed by atoms with Crippen molar-refractivity contribution in [3.05, 3.63) is 97.8 Å². The molecule has 0 aliphatic carbocycles. The SMILES string of the molecule is CCCCOP(=O)(O)OC1C[C@H](n2cc(C)c(=O)[nH]c2=O)O[C@@H]1COP(=O)(O)OC1C[C@H](n2cc(C)c(=O)[nH]c2=O)O[C@@H]1COP(=O)(O)OC1C[C@H](n2cc(C)c(=O)[nH]c2=O)O[C@@H]1COP(=O)(O)OCCCC(C)C. The second kappa shape index (κ2) is 25.4. The quantitative estimate of drug-likeness (QED) is 0.0425. The highest BCUT2D eigenvalue weighted by Crippen LogP contribution is 2.54. The summed E-state index contributed by atoms with van der Waals surface area (Å²) in [7, 11) is -20.3. The molecule has 31 nitrogen and oxygen atoms in total. The molecule has 0 aromatic carbocycles. The lowest BCUT2D eigenvalue weighted by Gasteiger charge is -2.25. The van der Waals surface area contributed by atoms with Gasteiger partial charge in [0, 0.05) is 54.5 Å². The van der Waals surface area contributed by atoms with Gasteiger partial charge in [0.15, 0.2) is 0 Å². The van der Waals surface area contributed by atoms with Crippen LogP contribution in [0.1, 0.15) is 101 Å². The molecule has 3 aliphatic heterocycles. The van der Waals surface area contributed by atoms with Gasteiger partial charge in [-0.2, -0.15) is 0 Å². The van der Waals surface area contributed by atoms with E-state index in [1.165, 1.54) is 20.8 Å². The Bertz CT molecular complexity index is 3050. The molecule has 6 rings (SSSR count). The maximum absolute atomic E-state index is 13.8. The van der Waals surface area contributed by atoms with E-state index in [4.69, 9.17) is 50.4 Å². The van der Waals surface area contributed by atoms with Crippen molar-refractivity contribution in [2.45, 2.75) is 142 Å². The lowest BCUT2D eigenvalue weighted by atomic mass is 10.1. The van der Waals surface area contributed by atoms with Crippen LogP contribution in [0.15, 0.2) is 47.4 Å². The van der Waals surface area contributed by atoms with Gasteiger partial charge in [-0.15, -0.1) is 0 Å². The van der Waals surface area contributed by atoms with Gasteiger partial charge in [0.05, 0.1) is 33.0 Å². The summed E-state index contributed by atoms with van der Waals surface area (Å²) in [6.45, 7) is 6.82. The van der Waals surface area contributed by atoms with Crippen molar-refractivity contribution in [2.75, 3.05) is 33.0 Å². The Labute approximate surface area is 425 Å². The van der Waals surface area contributed by atoms with Crippen LogP contribution in [-0.2, 0) is 68.7 Å². The number of nitrogens with zero attached hydrogens (tertiary/aromatic N) is 3. The van der Waals surface area contributed by atoms with Crippen LogP contribution in [0.25, 0.3) is 0 Å². The van der Waals surface area contributed by atoms with Gasteiger partial charge < -0.3 is 33.8 Å². The van der Waals surface area contributed by atoms with Gasteiger partial charge in [-0.3, -0.25) is 79.2 Å². The molecule has 3 aromatic rings. The number of phosphoric acid groups is 4. The number of phosphoric ester groups is 4.